The van der Waals surface area contributed by atoms with E-state index < -0.39 is 0 Å². The van der Waals surface area contributed by atoms with Crippen molar-refractivity contribution in [2.24, 2.45) is 4.99 Å². The monoisotopic (exact) mass is 493 g/mol. The van der Waals surface area contributed by atoms with E-state index in [0.29, 0.717) is 6.54 Å². The molecule has 2 atom stereocenters. The number of morpholine rings is 1. The van der Waals surface area contributed by atoms with Gasteiger partial charge in [0.1, 0.15) is 6.10 Å². The molecule has 1 aromatic rings. The van der Waals surface area contributed by atoms with Crippen molar-refractivity contribution < 1.29 is 9.47 Å². The lowest BCUT2D eigenvalue weighted by Gasteiger charge is -2.37. The Morgan fingerprint density at radius 3 is 2.81 bits per heavy atom. The van der Waals surface area contributed by atoms with Gasteiger partial charge in [0.2, 0.25) is 0 Å². The highest BCUT2D eigenvalue weighted by atomic mass is 127. The molecule has 2 fully saturated rings. The Bertz CT molecular complexity index is 582. The molecule has 0 spiro atoms. The molecule has 2 heterocycles. The van der Waals surface area contributed by atoms with Gasteiger partial charge in [-0.25, -0.2) is 0 Å². The Morgan fingerprint density at radius 2 is 2.08 bits per heavy atom. The third-order valence-electron chi connectivity index (χ3n) is 4.71. The smallest absolute Gasteiger partial charge is 0.194 e. The first-order chi connectivity index (χ1) is 12.3. The highest BCUT2D eigenvalue weighted by Gasteiger charge is 2.32. The quantitative estimate of drug-likeness (QED) is 0.388. The minimum atomic E-state index is 0. The molecule has 26 heavy (non-hydrogen) atoms. The fourth-order valence-electron chi connectivity index (χ4n) is 3.40. The number of aliphatic imine (C=N–C) groups is 1. The number of nitrogens with one attached hydrogen (secondary N) is 1. The number of hydrogen-bond acceptors (Lipinski definition) is 3. The highest BCUT2D eigenvalue weighted by molar-refractivity contribution is 14.0. The second-order valence-corrected chi connectivity index (χ2v) is 6.89. The summed E-state index contributed by atoms with van der Waals surface area (Å²) >= 11 is 6.24. The van der Waals surface area contributed by atoms with Gasteiger partial charge in [0.05, 0.1) is 12.7 Å². The van der Waals surface area contributed by atoms with Crippen LogP contribution in [0.4, 0.5) is 0 Å². The molecule has 2 saturated heterocycles. The van der Waals surface area contributed by atoms with Crippen LogP contribution in [0.2, 0.25) is 5.02 Å². The summed E-state index contributed by atoms with van der Waals surface area (Å²) in [6, 6.07) is 7.97. The fourth-order valence-corrected chi connectivity index (χ4v) is 3.63. The third-order valence-corrected chi connectivity index (χ3v) is 5.08. The minimum absolute atomic E-state index is 0. The summed E-state index contributed by atoms with van der Waals surface area (Å²) in [5.74, 6) is 0.959. The summed E-state index contributed by atoms with van der Waals surface area (Å²) in [6.45, 7) is 6.95. The lowest BCUT2D eigenvalue weighted by atomic mass is 10.1. The first kappa shape index (κ1) is 21.7. The zero-order chi connectivity index (χ0) is 17.5. The Morgan fingerprint density at radius 1 is 1.27 bits per heavy atom. The van der Waals surface area contributed by atoms with Crippen molar-refractivity contribution in [2.45, 2.75) is 38.4 Å². The SMILES string of the molecule is CCNC(=NCCc1ccccc1Cl)N1CCOC(C2CCCO2)C1.I. The highest BCUT2D eigenvalue weighted by Crippen LogP contribution is 2.21. The van der Waals surface area contributed by atoms with Gasteiger partial charge in [0.25, 0.3) is 0 Å². The molecule has 0 aliphatic carbocycles. The Labute approximate surface area is 178 Å². The standard InChI is InChI=1S/C19H28ClN3O2.HI/c1-2-21-19(22-10-9-15-6-3-4-7-16(15)20)23-11-13-25-18(14-23)17-8-5-12-24-17;/h3-4,6-7,17-18H,2,5,8-14H2,1H3,(H,21,22);1H. The topological polar surface area (TPSA) is 46.1 Å². The molecule has 2 unspecified atom stereocenters. The van der Waals surface area contributed by atoms with Gasteiger partial charge in [0.15, 0.2) is 5.96 Å². The lowest BCUT2D eigenvalue weighted by molar-refractivity contribution is -0.0817. The second kappa shape index (κ2) is 11.3. The normalized spacial score (nSPS) is 23.6. The van der Waals surface area contributed by atoms with Gasteiger partial charge in [-0.1, -0.05) is 29.8 Å². The second-order valence-electron chi connectivity index (χ2n) is 6.48. The summed E-state index contributed by atoms with van der Waals surface area (Å²) < 4.78 is 11.7. The Hall–Kier alpha value is -0.570. The molecule has 0 bridgehead atoms. The van der Waals surface area contributed by atoms with E-state index in [1.807, 2.05) is 18.2 Å². The van der Waals surface area contributed by atoms with Crippen LogP contribution in [0.1, 0.15) is 25.3 Å². The number of guanidine groups is 1. The molecule has 0 aromatic heterocycles. The van der Waals surface area contributed by atoms with Crippen LogP contribution >= 0.6 is 35.6 Å². The first-order valence-corrected chi connectivity index (χ1v) is 9.65. The van der Waals surface area contributed by atoms with Crippen molar-refractivity contribution >= 4 is 41.5 Å². The van der Waals surface area contributed by atoms with Crippen LogP contribution in [0.5, 0.6) is 0 Å². The predicted molar refractivity (Wildman–Crippen MR) is 117 cm³/mol. The van der Waals surface area contributed by atoms with Crippen LogP contribution in [0.25, 0.3) is 0 Å². The number of benzene rings is 1. The Kier molecular flexibility index (Phi) is 9.45. The summed E-state index contributed by atoms with van der Waals surface area (Å²) in [6.07, 6.45) is 3.45. The van der Waals surface area contributed by atoms with E-state index in [4.69, 9.17) is 26.1 Å². The van der Waals surface area contributed by atoms with Crippen molar-refractivity contribution in [1.29, 1.82) is 0 Å². The van der Waals surface area contributed by atoms with E-state index in [2.05, 4.69) is 23.2 Å². The van der Waals surface area contributed by atoms with Gasteiger partial charge < -0.3 is 19.7 Å². The van der Waals surface area contributed by atoms with Crippen LogP contribution in [-0.4, -0.2) is 62.5 Å². The number of ether oxygens (including phenoxy) is 2. The molecular formula is C19H29ClIN3O2. The largest absolute Gasteiger partial charge is 0.375 e. The fraction of sp³-hybridized carbons (Fsp3) is 0.632. The summed E-state index contributed by atoms with van der Waals surface area (Å²) in [5, 5.41) is 4.22. The van der Waals surface area contributed by atoms with E-state index in [-0.39, 0.29) is 36.2 Å². The molecule has 3 rings (SSSR count). The van der Waals surface area contributed by atoms with Gasteiger partial charge in [0, 0.05) is 37.8 Å². The maximum absolute atomic E-state index is 6.24. The molecule has 7 heteroatoms. The number of hydrogen-bond donors (Lipinski definition) is 1. The molecule has 0 amide bonds. The van der Waals surface area contributed by atoms with Crippen LogP contribution in [0.15, 0.2) is 29.3 Å². The van der Waals surface area contributed by atoms with Crippen molar-refractivity contribution in [1.82, 2.24) is 10.2 Å². The molecule has 0 radical (unpaired) electrons. The van der Waals surface area contributed by atoms with Crippen LogP contribution in [-0.2, 0) is 15.9 Å². The zero-order valence-corrected chi connectivity index (χ0v) is 18.4. The summed E-state index contributed by atoms with van der Waals surface area (Å²) in [5.41, 5.74) is 1.14. The average molecular weight is 494 g/mol. The van der Waals surface area contributed by atoms with E-state index in [1.54, 1.807) is 0 Å². The van der Waals surface area contributed by atoms with Gasteiger partial charge >= 0.3 is 0 Å². The van der Waals surface area contributed by atoms with E-state index >= 15 is 0 Å². The third kappa shape index (κ3) is 5.97. The zero-order valence-electron chi connectivity index (χ0n) is 15.3. The molecule has 146 valence electrons. The predicted octanol–water partition coefficient (Wildman–Crippen LogP) is 3.35. The van der Waals surface area contributed by atoms with Crippen LogP contribution in [0.3, 0.4) is 0 Å². The first-order valence-electron chi connectivity index (χ1n) is 9.28. The van der Waals surface area contributed by atoms with Crippen molar-refractivity contribution in [3.05, 3.63) is 34.9 Å². The van der Waals surface area contributed by atoms with Gasteiger partial charge in [-0.05, 0) is 37.8 Å². The van der Waals surface area contributed by atoms with Gasteiger partial charge in [-0.15, -0.1) is 24.0 Å². The maximum atomic E-state index is 6.24. The van der Waals surface area contributed by atoms with Gasteiger partial charge in [-0.2, -0.15) is 0 Å². The average Bonchev–Trinajstić information content (AvgIpc) is 3.17. The minimum Gasteiger partial charge on any atom is -0.375 e. The molecular weight excluding hydrogens is 465 g/mol. The van der Waals surface area contributed by atoms with E-state index in [0.717, 1.165) is 68.7 Å². The van der Waals surface area contributed by atoms with Crippen molar-refractivity contribution in [3.63, 3.8) is 0 Å². The molecule has 2 aliphatic rings. The van der Waals surface area contributed by atoms with Crippen LogP contribution < -0.4 is 5.32 Å². The lowest BCUT2D eigenvalue weighted by Crippen LogP contribution is -2.53. The number of halogens is 2. The molecule has 1 N–H and O–H groups in total. The van der Waals surface area contributed by atoms with E-state index in [1.165, 1.54) is 0 Å². The van der Waals surface area contributed by atoms with Gasteiger partial charge in [-0.3, -0.25) is 4.99 Å². The van der Waals surface area contributed by atoms with E-state index in [9.17, 15) is 0 Å². The Balaban J connectivity index is 0.00000243. The molecule has 1 aromatic carbocycles. The molecule has 2 aliphatic heterocycles. The number of rotatable bonds is 5. The summed E-state index contributed by atoms with van der Waals surface area (Å²) in [4.78, 5) is 7.11. The molecule has 5 nitrogen and oxygen atoms in total. The number of nitrogens with zero attached hydrogens (tertiary/aromatic N) is 2. The molecule has 0 saturated carbocycles. The van der Waals surface area contributed by atoms with Crippen molar-refractivity contribution in [2.75, 3.05) is 39.4 Å². The summed E-state index contributed by atoms with van der Waals surface area (Å²) in [7, 11) is 0. The maximum Gasteiger partial charge on any atom is 0.194 e. The van der Waals surface area contributed by atoms with Crippen LogP contribution in [0, 0.1) is 0 Å². The van der Waals surface area contributed by atoms with Crippen molar-refractivity contribution in [3.8, 4) is 0 Å².